The van der Waals surface area contributed by atoms with Crippen molar-refractivity contribution in [2.24, 2.45) is 0 Å². The number of hydrogen-bond donors (Lipinski definition) is 3. The Morgan fingerprint density at radius 2 is 1.50 bits per heavy atom. The molecule has 0 saturated heterocycles. The molecule has 0 aliphatic heterocycles. The van der Waals surface area contributed by atoms with E-state index < -0.39 is 42.1 Å². The van der Waals surface area contributed by atoms with Crippen LogP contribution in [-0.2, 0) is 16.0 Å². The Hall–Kier alpha value is -2.82. The number of likely N-dealkylation sites (N-methyl/N-ethyl adjacent to an activating group) is 1. The van der Waals surface area contributed by atoms with Crippen molar-refractivity contribution in [3.05, 3.63) is 71.8 Å². The van der Waals surface area contributed by atoms with Gasteiger partial charge in [-0.15, -0.1) is 0 Å². The number of rotatable bonds is 12. The Labute approximate surface area is 257 Å². The maximum atomic E-state index is 13.9. The van der Waals surface area contributed by atoms with Gasteiger partial charge >= 0.3 is 35.5 Å². The van der Waals surface area contributed by atoms with Crippen LogP contribution in [0.4, 0.5) is 4.39 Å². The molecule has 1 amide bonds. The van der Waals surface area contributed by atoms with Crippen LogP contribution in [0.2, 0.25) is 0 Å². The molecule has 0 unspecified atom stereocenters. The molecular formula is C30H36FN2NaO6. The zero-order valence-corrected chi connectivity index (χ0v) is 25.6. The van der Waals surface area contributed by atoms with Crippen LogP contribution >= 0.6 is 0 Å². The van der Waals surface area contributed by atoms with Gasteiger partial charge in [-0.25, -0.2) is 4.39 Å². The van der Waals surface area contributed by atoms with Gasteiger partial charge in [0.15, 0.2) is 0 Å². The zero-order chi connectivity index (χ0) is 28.9. The van der Waals surface area contributed by atoms with Gasteiger partial charge in [0.05, 0.1) is 18.6 Å². The van der Waals surface area contributed by atoms with E-state index in [-0.39, 0.29) is 62.0 Å². The van der Waals surface area contributed by atoms with Gasteiger partial charge in [0.25, 0.3) is 11.7 Å². The molecule has 8 nitrogen and oxygen atoms in total. The first kappa shape index (κ1) is 33.4. The van der Waals surface area contributed by atoms with Crippen molar-refractivity contribution in [3.8, 4) is 22.3 Å². The van der Waals surface area contributed by atoms with E-state index in [4.69, 9.17) is 5.11 Å². The fourth-order valence-electron chi connectivity index (χ4n) is 4.81. The summed E-state index contributed by atoms with van der Waals surface area (Å²) in [4.78, 5) is 38.9. The standard InChI is InChI=1S/C30H35FN2O6.Na.H/c1-18(2)33-24(15-14-22(34)16-23(35)17-25(36)37)26(20-10-12-21(31)13-11-20)27(19-8-6-5-7-9-19)28(33)29(38)30(39)32(3)4;;/h5-13,18,22-23,34-35H,14-17H2,1-4H3,(H,36,37);;/q;+1;-1/t22-,23-;;/m1../s1. The van der Waals surface area contributed by atoms with E-state index in [0.717, 1.165) is 0 Å². The van der Waals surface area contributed by atoms with E-state index >= 15 is 0 Å². The smallest absolute Gasteiger partial charge is 1.00 e. The zero-order valence-electron chi connectivity index (χ0n) is 24.6. The molecule has 3 rings (SSSR count). The van der Waals surface area contributed by atoms with Crippen LogP contribution in [0.15, 0.2) is 54.6 Å². The Balaban J connectivity index is 0.00000420. The Morgan fingerprint density at radius 3 is 2.02 bits per heavy atom. The summed E-state index contributed by atoms with van der Waals surface area (Å²) in [5, 5.41) is 29.6. The summed E-state index contributed by atoms with van der Waals surface area (Å²) in [6.07, 6.45) is -2.43. The fraction of sp³-hybridized carbons (Fsp3) is 0.367. The number of benzene rings is 2. The number of amides is 1. The van der Waals surface area contributed by atoms with Gasteiger partial charge < -0.3 is 26.2 Å². The number of ketones is 1. The summed E-state index contributed by atoms with van der Waals surface area (Å²) in [5.74, 6) is -2.98. The molecule has 3 aromatic rings. The first-order chi connectivity index (χ1) is 18.4. The molecule has 0 radical (unpaired) electrons. The van der Waals surface area contributed by atoms with Crippen LogP contribution in [0.5, 0.6) is 0 Å². The number of Topliss-reactive ketones (excluding diaryl/α,β-unsaturated/α-hetero) is 1. The molecular weight excluding hydrogens is 526 g/mol. The number of aromatic nitrogens is 1. The van der Waals surface area contributed by atoms with Crippen LogP contribution in [0.3, 0.4) is 0 Å². The first-order valence-electron chi connectivity index (χ1n) is 12.8. The second kappa shape index (κ2) is 14.7. The van der Waals surface area contributed by atoms with Gasteiger partial charge in [0.2, 0.25) is 0 Å². The topological polar surface area (TPSA) is 120 Å². The number of aliphatic hydroxyl groups excluding tert-OH is 2. The number of aliphatic carboxylic acids is 1. The molecule has 0 aliphatic rings. The summed E-state index contributed by atoms with van der Waals surface area (Å²) in [7, 11) is 3.01. The SMILES string of the molecule is CC(C)n1c(CC[C@@H](O)C[C@@H](O)CC(=O)O)c(-c2ccc(F)cc2)c(-c2ccccc2)c1C(=O)C(=O)N(C)C.[H-].[Na+]. The van der Waals surface area contributed by atoms with E-state index in [2.05, 4.69) is 0 Å². The van der Waals surface area contributed by atoms with Gasteiger partial charge in [-0.2, -0.15) is 0 Å². The van der Waals surface area contributed by atoms with Crippen LogP contribution in [0.1, 0.15) is 56.8 Å². The largest absolute Gasteiger partial charge is 1.00 e. The third-order valence-electron chi connectivity index (χ3n) is 6.50. The van der Waals surface area contributed by atoms with Crippen molar-refractivity contribution in [2.45, 2.75) is 57.8 Å². The van der Waals surface area contributed by atoms with Gasteiger partial charge in [-0.3, -0.25) is 14.4 Å². The average Bonchev–Trinajstić information content (AvgIpc) is 3.22. The predicted octanol–water partition coefficient (Wildman–Crippen LogP) is 1.45. The molecule has 1 aromatic heterocycles. The summed E-state index contributed by atoms with van der Waals surface area (Å²) in [5.41, 5.74) is 3.37. The summed E-state index contributed by atoms with van der Waals surface area (Å²) in [6, 6.07) is 14.8. The van der Waals surface area contributed by atoms with Crippen LogP contribution in [-0.4, -0.2) is 68.7 Å². The van der Waals surface area contributed by atoms with Gasteiger partial charge in [0, 0.05) is 37.0 Å². The Bertz CT molecular complexity index is 1330. The molecule has 2 atom stereocenters. The molecule has 40 heavy (non-hydrogen) atoms. The second-order valence-corrected chi connectivity index (χ2v) is 10.1. The molecule has 0 saturated carbocycles. The molecule has 210 valence electrons. The molecule has 0 fully saturated rings. The summed E-state index contributed by atoms with van der Waals surface area (Å²) >= 11 is 0. The van der Waals surface area contributed by atoms with Gasteiger partial charge in [-0.1, -0.05) is 42.5 Å². The number of halogens is 1. The third-order valence-corrected chi connectivity index (χ3v) is 6.50. The van der Waals surface area contributed by atoms with Crippen LogP contribution in [0.25, 0.3) is 22.3 Å². The molecule has 1 heterocycles. The molecule has 10 heteroatoms. The fourth-order valence-corrected chi connectivity index (χ4v) is 4.81. The molecule has 0 spiro atoms. The van der Waals surface area contributed by atoms with Crippen molar-refractivity contribution >= 4 is 17.7 Å². The van der Waals surface area contributed by atoms with E-state index in [9.17, 15) is 29.0 Å². The number of aliphatic hydroxyl groups is 2. The van der Waals surface area contributed by atoms with Gasteiger partial charge in [0.1, 0.15) is 11.5 Å². The van der Waals surface area contributed by atoms with E-state index in [1.165, 1.54) is 31.1 Å². The molecule has 2 aromatic carbocycles. The van der Waals surface area contributed by atoms with E-state index in [0.29, 0.717) is 27.9 Å². The number of carboxylic acids is 1. The second-order valence-electron chi connectivity index (χ2n) is 10.1. The van der Waals surface area contributed by atoms with E-state index in [1.807, 2.05) is 44.2 Å². The normalized spacial score (nSPS) is 12.5. The van der Waals surface area contributed by atoms with Crippen LogP contribution in [0, 0.1) is 5.82 Å². The molecule has 0 bridgehead atoms. The van der Waals surface area contributed by atoms with Crippen molar-refractivity contribution in [3.63, 3.8) is 0 Å². The minimum absolute atomic E-state index is 0. The number of carbonyl (C=O) groups is 3. The van der Waals surface area contributed by atoms with Crippen molar-refractivity contribution in [2.75, 3.05) is 14.1 Å². The maximum absolute atomic E-state index is 13.9. The first-order valence-corrected chi connectivity index (χ1v) is 12.8. The predicted molar refractivity (Wildman–Crippen MR) is 147 cm³/mol. The van der Waals surface area contributed by atoms with Crippen molar-refractivity contribution < 1.29 is 65.1 Å². The summed E-state index contributed by atoms with van der Waals surface area (Å²) < 4.78 is 15.7. The van der Waals surface area contributed by atoms with Crippen LogP contribution < -0.4 is 29.6 Å². The Kier molecular flexibility index (Phi) is 12.3. The minimum atomic E-state index is -1.21. The summed E-state index contributed by atoms with van der Waals surface area (Å²) in [6.45, 7) is 3.77. The van der Waals surface area contributed by atoms with Crippen molar-refractivity contribution in [1.29, 1.82) is 0 Å². The number of carbonyl (C=O) groups excluding carboxylic acids is 2. The number of nitrogens with zero attached hydrogens (tertiary/aromatic N) is 2. The number of carboxylic acid groups (broad SMARTS) is 1. The van der Waals surface area contributed by atoms with E-state index in [1.54, 1.807) is 16.7 Å². The molecule has 0 aliphatic carbocycles. The maximum Gasteiger partial charge on any atom is 1.00 e. The monoisotopic (exact) mass is 562 g/mol. The Morgan fingerprint density at radius 1 is 0.925 bits per heavy atom. The van der Waals surface area contributed by atoms with Crippen molar-refractivity contribution in [1.82, 2.24) is 9.47 Å². The quantitative estimate of drug-likeness (QED) is 0.175. The van der Waals surface area contributed by atoms with Gasteiger partial charge in [-0.05, 0) is 56.4 Å². The molecule has 3 N–H and O–H groups in total. The number of hydrogen-bond acceptors (Lipinski definition) is 5. The minimum Gasteiger partial charge on any atom is -1.00 e. The average molecular weight is 563 g/mol. The third kappa shape index (κ3) is 7.89.